The summed E-state index contributed by atoms with van der Waals surface area (Å²) in [6.45, 7) is 4.73. The normalized spacial score (nSPS) is 17.0. The van der Waals surface area contributed by atoms with E-state index in [1.54, 1.807) is 17.8 Å². The Morgan fingerprint density at radius 2 is 2.09 bits per heavy atom. The number of thioether (sulfide) groups is 1. The van der Waals surface area contributed by atoms with Crippen molar-refractivity contribution in [2.45, 2.75) is 31.2 Å². The van der Waals surface area contributed by atoms with Crippen LogP contribution >= 0.6 is 11.8 Å². The van der Waals surface area contributed by atoms with E-state index < -0.39 is 0 Å². The van der Waals surface area contributed by atoms with Gasteiger partial charge in [-0.25, -0.2) is 4.39 Å². The number of carbonyl (C=O) groups excluding carboxylic acids is 1. The van der Waals surface area contributed by atoms with Crippen molar-refractivity contribution in [2.75, 3.05) is 12.3 Å². The molecule has 1 aliphatic rings. The van der Waals surface area contributed by atoms with E-state index in [1.807, 2.05) is 36.1 Å². The largest absolute Gasteiger partial charge is 0.335 e. The number of aryl methyl sites for hydroxylation is 1. The van der Waals surface area contributed by atoms with Crippen molar-refractivity contribution in [2.24, 2.45) is 0 Å². The van der Waals surface area contributed by atoms with Gasteiger partial charge < -0.3 is 4.90 Å². The van der Waals surface area contributed by atoms with Crippen LogP contribution < -0.4 is 0 Å². The number of rotatable bonds is 3. The third-order valence-corrected chi connectivity index (χ3v) is 5.57. The van der Waals surface area contributed by atoms with Gasteiger partial charge in [0.1, 0.15) is 5.82 Å². The van der Waals surface area contributed by atoms with E-state index in [2.05, 4.69) is 13.0 Å². The lowest BCUT2D eigenvalue weighted by atomic mass is 9.93. The van der Waals surface area contributed by atoms with Crippen LogP contribution in [0.4, 0.5) is 4.39 Å². The Hall–Kier alpha value is -1.81. The van der Waals surface area contributed by atoms with Gasteiger partial charge in [-0.15, -0.1) is 11.8 Å². The van der Waals surface area contributed by atoms with Crippen LogP contribution in [0.3, 0.4) is 0 Å². The maximum absolute atomic E-state index is 13.5. The third kappa shape index (κ3) is 3.42. The molecule has 0 saturated heterocycles. The molecule has 0 aromatic heterocycles. The number of amides is 1. The Kier molecular flexibility index (Phi) is 4.71. The predicted molar refractivity (Wildman–Crippen MR) is 92.1 cm³/mol. The summed E-state index contributed by atoms with van der Waals surface area (Å²) in [4.78, 5) is 15.6. The summed E-state index contributed by atoms with van der Waals surface area (Å²) in [5.74, 6) is 0.291. The van der Waals surface area contributed by atoms with Crippen molar-refractivity contribution >= 4 is 17.7 Å². The minimum atomic E-state index is -0.237. The van der Waals surface area contributed by atoms with Crippen LogP contribution in [0.15, 0.2) is 47.4 Å². The average molecular weight is 329 g/mol. The first-order chi connectivity index (χ1) is 11.1. The zero-order chi connectivity index (χ0) is 16.4. The number of nitrogens with zero attached hydrogens (tertiary/aromatic N) is 1. The molecule has 2 aromatic rings. The number of hydrogen-bond donors (Lipinski definition) is 0. The summed E-state index contributed by atoms with van der Waals surface area (Å²) in [7, 11) is 0. The number of benzene rings is 2. The predicted octanol–water partition coefficient (Wildman–Crippen LogP) is 4.37. The SMILES string of the molecule is Cc1ccccc1SCC(=O)N1CCc2ccc(F)cc2C1C. The van der Waals surface area contributed by atoms with Crippen molar-refractivity contribution in [1.82, 2.24) is 4.90 Å². The van der Waals surface area contributed by atoms with E-state index in [1.165, 1.54) is 11.6 Å². The Bertz CT molecular complexity index is 731. The Morgan fingerprint density at radius 3 is 2.87 bits per heavy atom. The van der Waals surface area contributed by atoms with Crippen molar-refractivity contribution in [1.29, 1.82) is 0 Å². The summed E-state index contributed by atoms with van der Waals surface area (Å²) in [6.07, 6.45) is 0.792. The van der Waals surface area contributed by atoms with E-state index in [0.717, 1.165) is 22.4 Å². The fraction of sp³-hybridized carbons (Fsp3) is 0.316. The minimum absolute atomic E-state index is 0.0700. The van der Waals surface area contributed by atoms with E-state index in [0.29, 0.717) is 12.3 Å². The van der Waals surface area contributed by atoms with Crippen molar-refractivity contribution < 1.29 is 9.18 Å². The fourth-order valence-electron chi connectivity index (χ4n) is 3.07. The molecule has 1 atom stereocenters. The lowest BCUT2D eigenvalue weighted by Crippen LogP contribution is -2.39. The highest BCUT2D eigenvalue weighted by molar-refractivity contribution is 8.00. The average Bonchev–Trinajstić information content (AvgIpc) is 2.55. The molecule has 1 amide bonds. The highest BCUT2D eigenvalue weighted by Gasteiger charge is 2.27. The molecular weight excluding hydrogens is 309 g/mol. The van der Waals surface area contributed by atoms with Crippen molar-refractivity contribution in [3.05, 3.63) is 65.0 Å². The van der Waals surface area contributed by atoms with E-state index in [9.17, 15) is 9.18 Å². The molecule has 1 aliphatic heterocycles. The van der Waals surface area contributed by atoms with Gasteiger partial charge >= 0.3 is 0 Å². The Labute approximate surface area is 140 Å². The minimum Gasteiger partial charge on any atom is -0.335 e. The molecule has 4 heteroatoms. The van der Waals surface area contributed by atoms with Crippen molar-refractivity contribution in [3.63, 3.8) is 0 Å². The first-order valence-electron chi connectivity index (χ1n) is 7.82. The molecular formula is C19H20FNOS. The first kappa shape index (κ1) is 16.1. The van der Waals surface area contributed by atoms with Crippen LogP contribution in [0.5, 0.6) is 0 Å². The van der Waals surface area contributed by atoms with E-state index in [4.69, 9.17) is 0 Å². The van der Waals surface area contributed by atoms with Crippen LogP contribution in [0, 0.1) is 12.7 Å². The summed E-state index contributed by atoms with van der Waals surface area (Å²) in [5.41, 5.74) is 3.27. The van der Waals surface area contributed by atoms with Crippen LogP contribution in [0.2, 0.25) is 0 Å². The van der Waals surface area contributed by atoms with Gasteiger partial charge in [-0.1, -0.05) is 24.3 Å². The van der Waals surface area contributed by atoms with Gasteiger partial charge in [0, 0.05) is 11.4 Å². The van der Waals surface area contributed by atoms with Gasteiger partial charge in [0.05, 0.1) is 11.8 Å². The van der Waals surface area contributed by atoms with Gasteiger partial charge in [0.15, 0.2) is 0 Å². The second kappa shape index (κ2) is 6.75. The maximum Gasteiger partial charge on any atom is 0.233 e. The fourth-order valence-corrected chi connectivity index (χ4v) is 3.98. The highest BCUT2D eigenvalue weighted by atomic mass is 32.2. The molecule has 0 spiro atoms. The molecule has 0 fully saturated rings. The molecule has 0 N–H and O–H groups in total. The molecule has 1 heterocycles. The molecule has 120 valence electrons. The summed E-state index contributed by atoms with van der Waals surface area (Å²) in [6, 6.07) is 12.9. The standard InChI is InChI=1S/C19H20FNOS/c1-13-5-3-4-6-18(13)23-12-19(22)21-10-9-15-7-8-16(20)11-17(15)14(21)2/h3-8,11,14H,9-10,12H2,1-2H3. The second-order valence-electron chi connectivity index (χ2n) is 5.91. The Morgan fingerprint density at radius 1 is 1.30 bits per heavy atom. The van der Waals surface area contributed by atoms with Crippen LogP contribution in [-0.2, 0) is 11.2 Å². The molecule has 0 radical (unpaired) electrons. The zero-order valence-corrected chi connectivity index (χ0v) is 14.2. The topological polar surface area (TPSA) is 20.3 Å². The number of fused-ring (bicyclic) bond motifs is 1. The van der Waals surface area contributed by atoms with Gasteiger partial charge in [0.2, 0.25) is 5.91 Å². The first-order valence-corrected chi connectivity index (χ1v) is 8.81. The van der Waals surface area contributed by atoms with Gasteiger partial charge in [-0.3, -0.25) is 4.79 Å². The lowest BCUT2D eigenvalue weighted by Gasteiger charge is -2.35. The van der Waals surface area contributed by atoms with E-state index >= 15 is 0 Å². The molecule has 23 heavy (non-hydrogen) atoms. The van der Waals surface area contributed by atoms with Crippen LogP contribution in [-0.4, -0.2) is 23.1 Å². The van der Waals surface area contributed by atoms with Gasteiger partial charge in [-0.2, -0.15) is 0 Å². The molecule has 0 bridgehead atoms. The summed E-state index contributed by atoms with van der Waals surface area (Å²) >= 11 is 1.57. The highest BCUT2D eigenvalue weighted by Crippen LogP contribution is 2.31. The van der Waals surface area contributed by atoms with E-state index in [-0.39, 0.29) is 17.8 Å². The number of halogens is 1. The summed E-state index contributed by atoms with van der Waals surface area (Å²) in [5, 5.41) is 0. The molecule has 0 aliphatic carbocycles. The smallest absolute Gasteiger partial charge is 0.233 e. The quantitative estimate of drug-likeness (QED) is 0.779. The second-order valence-corrected chi connectivity index (χ2v) is 6.93. The van der Waals surface area contributed by atoms with Gasteiger partial charge in [0.25, 0.3) is 0 Å². The third-order valence-electron chi connectivity index (χ3n) is 4.41. The van der Waals surface area contributed by atoms with Crippen molar-refractivity contribution in [3.8, 4) is 0 Å². The van der Waals surface area contributed by atoms with Crippen LogP contribution in [0.25, 0.3) is 0 Å². The molecule has 3 rings (SSSR count). The molecule has 1 unspecified atom stereocenters. The lowest BCUT2D eigenvalue weighted by molar-refractivity contribution is -0.130. The molecule has 2 aromatic carbocycles. The summed E-state index contributed by atoms with van der Waals surface area (Å²) < 4.78 is 13.5. The number of carbonyl (C=O) groups is 1. The van der Waals surface area contributed by atoms with Crippen LogP contribution in [0.1, 0.15) is 29.7 Å². The monoisotopic (exact) mass is 329 g/mol. The van der Waals surface area contributed by atoms with Gasteiger partial charge in [-0.05, 0) is 55.2 Å². The zero-order valence-electron chi connectivity index (χ0n) is 13.4. The Balaban J connectivity index is 1.70. The molecule has 2 nitrogen and oxygen atoms in total. The number of hydrogen-bond acceptors (Lipinski definition) is 2. The molecule has 0 saturated carbocycles. The maximum atomic E-state index is 13.5.